The van der Waals surface area contributed by atoms with E-state index in [2.05, 4.69) is 26.6 Å². The first-order valence-corrected chi connectivity index (χ1v) is 7.44. The molecule has 0 saturated carbocycles. The fourth-order valence-corrected chi connectivity index (χ4v) is 2.53. The van der Waals surface area contributed by atoms with Gasteiger partial charge in [0.25, 0.3) is 0 Å². The maximum absolute atomic E-state index is 12.2. The zero-order valence-electron chi connectivity index (χ0n) is 11.0. The average molecular weight is 327 g/mol. The number of halogens is 1. The lowest BCUT2D eigenvalue weighted by Crippen LogP contribution is -2.34. The standard InChI is InChI=1S/C14H19BrN2O2/c1-2-19-13-9-11(15)3-4-12(13)17-14(18)10-5-7-16-8-6-10/h3-4,9-10,16H,2,5-8H2,1H3,(H,17,18). The van der Waals surface area contributed by atoms with E-state index in [1.54, 1.807) is 0 Å². The van der Waals surface area contributed by atoms with Crippen molar-refractivity contribution in [3.8, 4) is 5.75 Å². The largest absolute Gasteiger partial charge is 0.492 e. The molecular weight excluding hydrogens is 308 g/mol. The number of carbonyl (C=O) groups excluding carboxylic acids is 1. The Balaban J connectivity index is 2.06. The molecule has 1 heterocycles. The summed E-state index contributed by atoms with van der Waals surface area (Å²) in [7, 11) is 0. The highest BCUT2D eigenvalue weighted by molar-refractivity contribution is 9.10. The number of hydrogen-bond donors (Lipinski definition) is 2. The Hall–Kier alpha value is -1.07. The lowest BCUT2D eigenvalue weighted by atomic mass is 9.97. The second-order valence-corrected chi connectivity index (χ2v) is 5.50. The van der Waals surface area contributed by atoms with Gasteiger partial charge in [0, 0.05) is 10.4 Å². The molecule has 1 saturated heterocycles. The summed E-state index contributed by atoms with van der Waals surface area (Å²) in [5, 5.41) is 6.24. The highest BCUT2D eigenvalue weighted by atomic mass is 79.9. The van der Waals surface area contributed by atoms with Gasteiger partial charge in [-0.1, -0.05) is 15.9 Å². The minimum atomic E-state index is 0.0878. The SMILES string of the molecule is CCOc1cc(Br)ccc1NC(=O)C1CCNCC1. The van der Waals surface area contributed by atoms with Gasteiger partial charge >= 0.3 is 0 Å². The minimum Gasteiger partial charge on any atom is -0.492 e. The molecule has 1 amide bonds. The Bertz CT molecular complexity index is 445. The third kappa shape index (κ3) is 3.94. The van der Waals surface area contributed by atoms with Crippen LogP contribution in [0.4, 0.5) is 5.69 Å². The number of hydrogen-bond acceptors (Lipinski definition) is 3. The Kier molecular flexibility index (Phi) is 5.22. The van der Waals surface area contributed by atoms with E-state index in [1.165, 1.54) is 0 Å². The molecule has 19 heavy (non-hydrogen) atoms. The lowest BCUT2D eigenvalue weighted by molar-refractivity contribution is -0.120. The molecule has 0 radical (unpaired) electrons. The van der Waals surface area contributed by atoms with E-state index in [-0.39, 0.29) is 11.8 Å². The molecule has 0 aromatic heterocycles. The average Bonchev–Trinajstić information content (AvgIpc) is 2.43. The third-order valence-electron chi connectivity index (χ3n) is 3.21. The van der Waals surface area contributed by atoms with E-state index < -0.39 is 0 Å². The highest BCUT2D eigenvalue weighted by Gasteiger charge is 2.21. The summed E-state index contributed by atoms with van der Waals surface area (Å²) in [4.78, 5) is 12.2. The van der Waals surface area contributed by atoms with Crippen LogP contribution in [0.25, 0.3) is 0 Å². The molecule has 0 bridgehead atoms. The molecule has 1 aliphatic rings. The summed E-state index contributed by atoms with van der Waals surface area (Å²) in [5.41, 5.74) is 0.744. The number of anilines is 1. The van der Waals surface area contributed by atoms with Gasteiger partial charge in [0.2, 0.25) is 5.91 Å². The monoisotopic (exact) mass is 326 g/mol. The summed E-state index contributed by atoms with van der Waals surface area (Å²) >= 11 is 3.41. The molecule has 0 atom stereocenters. The van der Waals surface area contributed by atoms with E-state index >= 15 is 0 Å². The summed E-state index contributed by atoms with van der Waals surface area (Å²) in [6, 6.07) is 5.65. The van der Waals surface area contributed by atoms with Crippen LogP contribution < -0.4 is 15.4 Å². The first-order chi connectivity index (χ1) is 9.20. The van der Waals surface area contributed by atoms with Crippen molar-refractivity contribution in [1.29, 1.82) is 0 Å². The van der Waals surface area contributed by atoms with Crippen LogP contribution in [0.3, 0.4) is 0 Å². The number of rotatable bonds is 4. The minimum absolute atomic E-state index is 0.0878. The van der Waals surface area contributed by atoms with Crippen molar-refractivity contribution in [2.24, 2.45) is 5.92 Å². The second kappa shape index (κ2) is 6.91. The molecule has 1 aliphatic heterocycles. The molecule has 1 aromatic carbocycles. The third-order valence-corrected chi connectivity index (χ3v) is 3.70. The first kappa shape index (κ1) is 14.3. The number of ether oxygens (including phenoxy) is 1. The number of amides is 1. The van der Waals surface area contributed by atoms with Crippen molar-refractivity contribution in [1.82, 2.24) is 5.32 Å². The smallest absolute Gasteiger partial charge is 0.227 e. The Morgan fingerprint density at radius 1 is 1.47 bits per heavy atom. The number of carbonyl (C=O) groups is 1. The van der Waals surface area contributed by atoms with E-state index in [0.717, 1.165) is 36.1 Å². The summed E-state index contributed by atoms with van der Waals surface area (Å²) in [5.74, 6) is 0.892. The molecule has 4 nitrogen and oxygen atoms in total. The molecule has 0 spiro atoms. The zero-order chi connectivity index (χ0) is 13.7. The topological polar surface area (TPSA) is 50.4 Å². The van der Waals surface area contributed by atoms with Crippen LogP contribution in [-0.4, -0.2) is 25.6 Å². The normalized spacial score (nSPS) is 16.1. The van der Waals surface area contributed by atoms with Crippen LogP contribution in [0.15, 0.2) is 22.7 Å². The van der Waals surface area contributed by atoms with Crippen LogP contribution in [0.2, 0.25) is 0 Å². The maximum atomic E-state index is 12.2. The molecular formula is C14H19BrN2O2. The molecule has 104 valence electrons. The van der Waals surface area contributed by atoms with Gasteiger partial charge in [0.15, 0.2) is 0 Å². The number of benzene rings is 1. The van der Waals surface area contributed by atoms with E-state index in [9.17, 15) is 4.79 Å². The summed E-state index contributed by atoms with van der Waals surface area (Å²) in [6.07, 6.45) is 1.79. The molecule has 5 heteroatoms. The molecule has 1 fully saturated rings. The number of piperidine rings is 1. The van der Waals surface area contributed by atoms with Crippen LogP contribution in [-0.2, 0) is 4.79 Å². The molecule has 2 rings (SSSR count). The fourth-order valence-electron chi connectivity index (χ4n) is 2.19. The Labute approximate surface area is 122 Å². The van der Waals surface area contributed by atoms with Crippen LogP contribution in [0.5, 0.6) is 5.75 Å². The van der Waals surface area contributed by atoms with Crippen LogP contribution >= 0.6 is 15.9 Å². The van der Waals surface area contributed by atoms with Gasteiger partial charge in [-0.2, -0.15) is 0 Å². The molecule has 0 unspecified atom stereocenters. The van der Waals surface area contributed by atoms with Crippen LogP contribution in [0, 0.1) is 5.92 Å². The van der Waals surface area contributed by atoms with Crippen molar-refractivity contribution in [2.45, 2.75) is 19.8 Å². The predicted molar refractivity (Wildman–Crippen MR) is 79.5 cm³/mol. The maximum Gasteiger partial charge on any atom is 0.227 e. The van der Waals surface area contributed by atoms with E-state index in [0.29, 0.717) is 12.4 Å². The van der Waals surface area contributed by atoms with E-state index in [1.807, 2.05) is 25.1 Å². The Morgan fingerprint density at radius 2 is 2.21 bits per heavy atom. The quantitative estimate of drug-likeness (QED) is 0.894. The van der Waals surface area contributed by atoms with Gasteiger partial charge in [-0.3, -0.25) is 4.79 Å². The van der Waals surface area contributed by atoms with Crippen molar-refractivity contribution in [3.05, 3.63) is 22.7 Å². The van der Waals surface area contributed by atoms with Gasteiger partial charge < -0.3 is 15.4 Å². The van der Waals surface area contributed by atoms with Gasteiger partial charge in [-0.15, -0.1) is 0 Å². The summed E-state index contributed by atoms with van der Waals surface area (Å²) in [6.45, 7) is 4.33. The fraction of sp³-hybridized carbons (Fsp3) is 0.500. The number of nitrogens with one attached hydrogen (secondary N) is 2. The lowest BCUT2D eigenvalue weighted by Gasteiger charge is -2.22. The highest BCUT2D eigenvalue weighted by Crippen LogP contribution is 2.29. The van der Waals surface area contributed by atoms with Crippen molar-refractivity contribution >= 4 is 27.5 Å². The Morgan fingerprint density at radius 3 is 2.89 bits per heavy atom. The zero-order valence-corrected chi connectivity index (χ0v) is 12.6. The van der Waals surface area contributed by atoms with Gasteiger partial charge in [-0.25, -0.2) is 0 Å². The first-order valence-electron chi connectivity index (χ1n) is 6.64. The molecule has 1 aromatic rings. The summed E-state index contributed by atoms with van der Waals surface area (Å²) < 4.78 is 6.49. The van der Waals surface area contributed by atoms with Crippen molar-refractivity contribution < 1.29 is 9.53 Å². The van der Waals surface area contributed by atoms with Gasteiger partial charge in [0.1, 0.15) is 5.75 Å². The van der Waals surface area contributed by atoms with Gasteiger partial charge in [0.05, 0.1) is 12.3 Å². The molecule has 2 N–H and O–H groups in total. The van der Waals surface area contributed by atoms with Crippen LogP contribution in [0.1, 0.15) is 19.8 Å². The van der Waals surface area contributed by atoms with Gasteiger partial charge in [-0.05, 0) is 51.1 Å². The van der Waals surface area contributed by atoms with Crippen molar-refractivity contribution in [3.63, 3.8) is 0 Å². The predicted octanol–water partition coefficient (Wildman–Crippen LogP) is 2.79. The molecule has 0 aliphatic carbocycles. The second-order valence-electron chi connectivity index (χ2n) is 4.59. The van der Waals surface area contributed by atoms with E-state index in [4.69, 9.17) is 4.74 Å². The van der Waals surface area contributed by atoms with Crippen molar-refractivity contribution in [2.75, 3.05) is 25.0 Å².